The number of hydrogen-bond acceptors (Lipinski definition) is 3. The van der Waals surface area contributed by atoms with E-state index in [4.69, 9.17) is 16.0 Å². The molecule has 1 heterocycles. The summed E-state index contributed by atoms with van der Waals surface area (Å²) in [5, 5.41) is 8.06. The smallest absolute Gasteiger partial charge is 0.247 e. The first-order valence-corrected chi connectivity index (χ1v) is 6.20. The second-order valence-electron chi connectivity index (χ2n) is 4.09. The summed E-state index contributed by atoms with van der Waals surface area (Å²) in [6.07, 6.45) is 1.59. The second kappa shape index (κ2) is 5.32. The number of alkyl halides is 1. The van der Waals surface area contributed by atoms with Crippen LogP contribution in [0.2, 0.25) is 0 Å². The highest BCUT2D eigenvalue weighted by molar-refractivity contribution is 6.17. The summed E-state index contributed by atoms with van der Waals surface area (Å²) in [6.45, 7) is 4.16. The highest BCUT2D eigenvalue weighted by Gasteiger charge is 2.08. The van der Waals surface area contributed by atoms with E-state index in [0.717, 1.165) is 18.4 Å². The second-order valence-corrected chi connectivity index (χ2v) is 4.47. The molecule has 4 heteroatoms. The molecule has 2 rings (SSSR count). The standard InChI is InChI=1S/C13H15ClN2O/c1-9-5-6-11(8-10(9)2)13-16-15-12(17-13)4-3-7-14/h5-6,8H,3-4,7H2,1-2H3. The largest absolute Gasteiger partial charge is 0.421 e. The number of aryl methyl sites for hydroxylation is 3. The van der Waals surface area contributed by atoms with Gasteiger partial charge in [0.2, 0.25) is 11.8 Å². The van der Waals surface area contributed by atoms with Crippen molar-refractivity contribution < 1.29 is 4.42 Å². The van der Waals surface area contributed by atoms with Gasteiger partial charge in [0.1, 0.15) is 0 Å². The van der Waals surface area contributed by atoms with E-state index in [1.165, 1.54) is 11.1 Å². The number of halogens is 1. The SMILES string of the molecule is Cc1ccc(-c2nnc(CCCCl)o2)cc1C. The van der Waals surface area contributed by atoms with Crippen LogP contribution in [0.1, 0.15) is 23.4 Å². The summed E-state index contributed by atoms with van der Waals surface area (Å²) in [7, 11) is 0. The van der Waals surface area contributed by atoms with Gasteiger partial charge in [-0.15, -0.1) is 21.8 Å². The van der Waals surface area contributed by atoms with Gasteiger partial charge in [0.15, 0.2) is 0 Å². The average Bonchev–Trinajstić information content (AvgIpc) is 2.79. The van der Waals surface area contributed by atoms with Gasteiger partial charge in [0.05, 0.1) is 0 Å². The highest BCUT2D eigenvalue weighted by atomic mass is 35.5. The van der Waals surface area contributed by atoms with Crippen molar-refractivity contribution in [3.8, 4) is 11.5 Å². The molecule has 0 saturated heterocycles. The molecule has 0 atom stereocenters. The molecule has 1 aromatic carbocycles. The van der Waals surface area contributed by atoms with Gasteiger partial charge >= 0.3 is 0 Å². The molecule has 2 aromatic rings. The molecule has 0 radical (unpaired) electrons. The van der Waals surface area contributed by atoms with Crippen LogP contribution in [0.4, 0.5) is 0 Å². The Morgan fingerprint density at radius 3 is 2.71 bits per heavy atom. The Morgan fingerprint density at radius 2 is 2.00 bits per heavy atom. The van der Waals surface area contributed by atoms with E-state index in [2.05, 4.69) is 36.2 Å². The van der Waals surface area contributed by atoms with Gasteiger partial charge in [-0.25, -0.2) is 0 Å². The number of aromatic nitrogens is 2. The molecule has 0 amide bonds. The minimum atomic E-state index is 0.581. The fourth-order valence-electron chi connectivity index (χ4n) is 1.56. The topological polar surface area (TPSA) is 38.9 Å². The summed E-state index contributed by atoms with van der Waals surface area (Å²) in [6, 6.07) is 6.13. The fourth-order valence-corrected chi connectivity index (χ4v) is 1.70. The van der Waals surface area contributed by atoms with Crippen molar-refractivity contribution in [3.05, 3.63) is 35.2 Å². The molecule has 0 aliphatic heterocycles. The quantitative estimate of drug-likeness (QED) is 0.780. The number of hydrogen-bond donors (Lipinski definition) is 0. The van der Waals surface area contributed by atoms with Crippen LogP contribution < -0.4 is 0 Å². The Kier molecular flexibility index (Phi) is 3.79. The van der Waals surface area contributed by atoms with Gasteiger partial charge in [-0.05, 0) is 43.5 Å². The van der Waals surface area contributed by atoms with Gasteiger partial charge in [-0.1, -0.05) is 6.07 Å². The van der Waals surface area contributed by atoms with Crippen LogP contribution in [0.5, 0.6) is 0 Å². The zero-order valence-electron chi connectivity index (χ0n) is 10.0. The number of benzene rings is 1. The Hall–Kier alpha value is -1.35. The van der Waals surface area contributed by atoms with Crippen molar-refractivity contribution >= 4 is 11.6 Å². The Bertz CT molecular complexity index is 508. The molecule has 17 heavy (non-hydrogen) atoms. The molecular formula is C13H15ClN2O. The summed E-state index contributed by atoms with van der Waals surface area (Å²) in [5.41, 5.74) is 3.45. The van der Waals surface area contributed by atoms with Gasteiger partial charge in [0, 0.05) is 17.9 Å². The third-order valence-corrected chi connectivity index (χ3v) is 3.01. The molecule has 1 aromatic heterocycles. The minimum Gasteiger partial charge on any atom is -0.421 e. The lowest BCUT2D eigenvalue weighted by Crippen LogP contribution is -1.85. The van der Waals surface area contributed by atoms with Crippen LogP contribution in [-0.2, 0) is 6.42 Å². The highest BCUT2D eigenvalue weighted by Crippen LogP contribution is 2.21. The molecule has 0 fully saturated rings. The lowest BCUT2D eigenvalue weighted by molar-refractivity contribution is 0.502. The zero-order chi connectivity index (χ0) is 12.3. The third-order valence-electron chi connectivity index (χ3n) is 2.74. The van der Waals surface area contributed by atoms with Crippen LogP contribution in [0.3, 0.4) is 0 Å². The van der Waals surface area contributed by atoms with Gasteiger partial charge < -0.3 is 4.42 Å². The van der Waals surface area contributed by atoms with E-state index in [1.807, 2.05) is 6.07 Å². The number of rotatable bonds is 4. The zero-order valence-corrected chi connectivity index (χ0v) is 10.8. The molecule has 0 aliphatic rings. The molecule has 0 unspecified atom stereocenters. The molecule has 0 N–H and O–H groups in total. The molecular weight excluding hydrogens is 236 g/mol. The van der Waals surface area contributed by atoms with Crippen LogP contribution in [0.25, 0.3) is 11.5 Å². The first-order chi connectivity index (χ1) is 8.20. The summed E-state index contributed by atoms with van der Waals surface area (Å²) in [4.78, 5) is 0. The van der Waals surface area contributed by atoms with Crippen LogP contribution in [0.15, 0.2) is 22.6 Å². The maximum absolute atomic E-state index is 5.62. The predicted molar refractivity (Wildman–Crippen MR) is 68.2 cm³/mol. The van der Waals surface area contributed by atoms with Crippen LogP contribution in [0, 0.1) is 13.8 Å². The van der Waals surface area contributed by atoms with Crippen molar-refractivity contribution in [1.29, 1.82) is 0 Å². The minimum absolute atomic E-state index is 0.581. The summed E-state index contributed by atoms with van der Waals surface area (Å²) < 4.78 is 5.59. The maximum Gasteiger partial charge on any atom is 0.247 e. The predicted octanol–water partition coefficient (Wildman–Crippen LogP) is 3.52. The van der Waals surface area contributed by atoms with Crippen molar-refractivity contribution in [3.63, 3.8) is 0 Å². The van der Waals surface area contributed by atoms with Crippen LogP contribution in [-0.4, -0.2) is 16.1 Å². The van der Waals surface area contributed by atoms with Gasteiger partial charge in [0.25, 0.3) is 0 Å². The third kappa shape index (κ3) is 2.86. The molecule has 3 nitrogen and oxygen atoms in total. The maximum atomic E-state index is 5.62. The number of nitrogens with zero attached hydrogens (tertiary/aromatic N) is 2. The van der Waals surface area contributed by atoms with Gasteiger partial charge in [-0.3, -0.25) is 0 Å². The van der Waals surface area contributed by atoms with E-state index >= 15 is 0 Å². The van der Waals surface area contributed by atoms with Crippen molar-refractivity contribution in [2.24, 2.45) is 0 Å². The summed E-state index contributed by atoms with van der Waals surface area (Å²) >= 11 is 5.62. The Labute approximate surface area is 106 Å². The lowest BCUT2D eigenvalue weighted by Gasteiger charge is -2.00. The molecule has 0 spiro atoms. The Balaban J connectivity index is 2.21. The Morgan fingerprint density at radius 1 is 1.18 bits per heavy atom. The molecule has 0 bridgehead atoms. The molecule has 0 saturated carbocycles. The molecule has 90 valence electrons. The first kappa shape index (κ1) is 12.1. The van der Waals surface area contributed by atoms with E-state index in [1.54, 1.807) is 0 Å². The lowest BCUT2D eigenvalue weighted by atomic mass is 10.1. The first-order valence-electron chi connectivity index (χ1n) is 5.66. The van der Waals surface area contributed by atoms with E-state index in [0.29, 0.717) is 17.7 Å². The fraction of sp³-hybridized carbons (Fsp3) is 0.385. The van der Waals surface area contributed by atoms with Gasteiger partial charge in [-0.2, -0.15) is 0 Å². The van der Waals surface area contributed by atoms with E-state index in [9.17, 15) is 0 Å². The average molecular weight is 251 g/mol. The van der Waals surface area contributed by atoms with E-state index < -0.39 is 0 Å². The van der Waals surface area contributed by atoms with Crippen molar-refractivity contribution in [2.75, 3.05) is 5.88 Å². The van der Waals surface area contributed by atoms with Crippen LogP contribution >= 0.6 is 11.6 Å². The van der Waals surface area contributed by atoms with E-state index in [-0.39, 0.29) is 0 Å². The monoisotopic (exact) mass is 250 g/mol. The normalized spacial score (nSPS) is 10.8. The summed E-state index contributed by atoms with van der Waals surface area (Å²) in [5.74, 6) is 1.85. The molecule has 0 aliphatic carbocycles. The van der Waals surface area contributed by atoms with Crippen molar-refractivity contribution in [1.82, 2.24) is 10.2 Å². The van der Waals surface area contributed by atoms with Crippen molar-refractivity contribution in [2.45, 2.75) is 26.7 Å².